The molecule has 92 valence electrons. The Hall–Kier alpha value is -1.22. The Morgan fingerprint density at radius 3 is 2.82 bits per heavy atom. The molecule has 0 saturated carbocycles. The standard InChI is InChI=1S/C14H17F2N/c1-10(17-11-6-3-2-4-7-11)12-8-5-9-13(15)14(12)16/h2-3,5,8-11,17H,4,6-7H2,1H3. The molecule has 0 bridgehead atoms. The van der Waals surface area contributed by atoms with Gasteiger partial charge in [0.25, 0.3) is 0 Å². The van der Waals surface area contributed by atoms with Crippen LogP contribution in [-0.4, -0.2) is 6.04 Å². The summed E-state index contributed by atoms with van der Waals surface area (Å²) < 4.78 is 26.7. The second-order valence-corrected chi connectivity index (χ2v) is 4.51. The molecule has 0 spiro atoms. The Labute approximate surface area is 101 Å². The smallest absolute Gasteiger partial charge is 0.163 e. The van der Waals surface area contributed by atoms with E-state index in [9.17, 15) is 8.78 Å². The summed E-state index contributed by atoms with van der Waals surface area (Å²) in [7, 11) is 0. The average molecular weight is 237 g/mol. The van der Waals surface area contributed by atoms with Crippen molar-refractivity contribution in [2.24, 2.45) is 0 Å². The predicted molar refractivity (Wildman–Crippen MR) is 64.7 cm³/mol. The molecule has 0 fully saturated rings. The maximum atomic E-state index is 13.6. The van der Waals surface area contributed by atoms with Crippen LogP contribution in [0.25, 0.3) is 0 Å². The van der Waals surface area contributed by atoms with Crippen molar-refractivity contribution >= 4 is 0 Å². The van der Waals surface area contributed by atoms with E-state index in [1.165, 1.54) is 0 Å². The minimum Gasteiger partial charge on any atom is -0.307 e. The summed E-state index contributed by atoms with van der Waals surface area (Å²) in [4.78, 5) is 0. The monoisotopic (exact) mass is 237 g/mol. The van der Waals surface area contributed by atoms with Crippen LogP contribution in [0.5, 0.6) is 0 Å². The van der Waals surface area contributed by atoms with Gasteiger partial charge in [-0.05, 0) is 32.3 Å². The maximum Gasteiger partial charge on any atom is 0.163 e. The van der Waals surface area contributed by atoms with E-state index in [4.69, 9.17) is 0 Å². The lowest BCUT2D eigenvalue weighted by Crippen LogP contribution is -2.32. The van der Waals surface area contributed by atoms with Crippen molar-refractivity contribution in [3.05, 3.63) is 47.5 Å². The second-order valence-electron chi connectivity index (χ2n) is 4.51. The van der Waals surface area contributed by atoms with Crippen LogP contribution in [0.4, 0.5) is 8.78 Å². The number of hydrogen-bond acceptors (Lipinski definition) is 1. The molecule has 0 saturated heterocycles. The van der Waals surface area contributed by atoms with Crippen molar-refractivity contribution in [2.75, 3.05) is 0 Å². The number of halogens is 2. The first-order valence-electron chi connectivity index (χ1n) is 6.03. The Morgan fingerprint density at radius 1 is 1.29 bits per heavy atom. The molecule has 1 aliphatic rings. The molecule has 2 unspecified atom stereocenters. The molecule has 0 amide bonds. The Morgan fingerprint density at radius 2 is 2.12 bits per heavy atom. The molecule has 3 heteroatoms. The number of allylic oxidation sites excluding steroid dienone is 1. The summed E-state index contributed by atoms with van der Waals surface area (Å²) in [5.74, 6) is -1.52. The van der Waals surface area contributed by atoms with Crippen LogP contribution in [0.2, 0.25) is 0 Å². The number of nitrogens with one attached hydrogen (secondary N) is 1. The fraction of sp³-hybridized carbons (Fsp3) is 0.429. The SMILES string of the molecule is CC(NC1CC=CCC1)c1cccc(F)c1F. The van der Waals surface area contributed by atoms with Gasteiger partial charge in [0, 0.05) is 17.6 Å². The zero-order chi connectivity index (χ0) is 12.3. The summed E-state index contributed by atoms with van der Waals surface area (Å²) >= 11 is 0. The van der Waals surface area contributed by atoms with Gasteiger partial charge in [0.1, 0.15) is 0 Å². The Balaban J connectivity index is 2.06. The molecule has 1 aliphatic carbocycles. The molecular formula is C14H17F2N. The van der Waals surface area contributed by atoms with Gasteiger partial charge in [0.2, 0.25) is 0 Å². The summed E-state index contributed by atoms with van der Waals surface area (Å²) in [5, 5.41) is 3.35. The third kappa shape index (κ3) is 2.91. The van der Waals surface area contributed by atoms with Crippen molar-refractivity contribution in [2.45, 2.75) is 38.3 Å². The highest BCUT2D eigenvalue weighted by molar-refractivity contribution is 5.22. The van der Waals surface area contributed by atoms with Crippen molar-refractivity contribution in [3.63, 3.8) is 0 Å². The van der Waals surface area contributed by atoms with Gasteiger partial charge in [0.05, 0.1) is 0 Å². The third-order valence-electron chi connectivity index (χ3n) is 3.20. The quantitative estimate of drug-likeness (QED) is 0.790. The lowest BCUT2D eigenvalue weighted by Gasteiger charge is -2.24. The fourth-order valence-electron chi connectivity index (χ4n) is 2.24. The van der Waals surface area contributed by atoms with E-state index in [1.807, 2.05) is 6.92 Å². The molecule has 0 radical (unpaired) electrons. The molecule has 1 N–H and O–H groups in total. The first-order chi connectivity index (χ1) is 8.18. The normalized spacial score (nSPS) is 21.5. The van der Waals surface area contributed by atoms with Crippen LogP contribution in [0.15, 0.2) is 30.4 Å². The molecule has 1 aromatic carbocycles. The topological polar surface area (TPSA) is 12.0 Å². The van der Waals surface area contributed by atoms with Crippen molar-refractivity contribution in [3.8, 4) is 0 Å². The summed E-state index contributed by atoms with van der Waals surface area (Å²) in [6, 6.07) is 4.52. The highest BCUT2D eigenvalue weighted by Gasteiger charge is 2.17. The summed E-state index contributed by atoms with van der Waals surface area (Å²) in [5.41, 5.74) is 0.402. The Kier molecular flexibility index (Phi) is 3.89. The minimum absolute atomic E-state index is 0.165. The average Bonchev–Trinajstić information content (AvgIpc) is 2.34. The van der Waals surface area contributed by atoms with Gasteiger partial charge in [0.15, 0.2) is 11.6 Å². The molecule has 0 aliphatic heterocycles. The largest absolute Gasteiger partial charge is 0.307 e. The fourth-order valence-corrected chi connectivity index (χ4v) is 2.24. The van der Waals surface area contributed by atoms with E-state index < -0.39 is 11.6 Å². The number of benzene rings is 1. The van der Waals surface area contributed by atoms with Gasteiger partial charge < -0.3 is 5.32 Å². The molecule has 17 heavy (non-hydrogen) atoms. The van der Waals surface area contributed by atoms with Crippen LogP contribution in [0.1, 0.15) is 37.8 Å². The number of rotatable bonds is 3. The van der Waals surface area contributed by atoms with Gasteiger partial charge in [-0.2, -0.15) is 0 Å². The summed E-state index contributed by atoms with van der Waals surface area (Å²) in [6.45, 7) is 1.87. The van der Waals surface area contributed by atoms with E-state index in [2.05, 4.69) is 17.5 Å². The highest BCUT2D eigenvalue weighted by Crippen LogP contribution is 2.21. The number of hydrogen-bond donors (Lipinski definition) is 1. The molecule has 0 heterocycles. The van der Waals surface area contributed by atoms with Crippen LogP contribution in [-0.2, 0) is 0 Å². The second kappa shape index (κ2) is 5.41. The molecular weight excluding hydrogens is 220 g/mol. The van der Waals surface area contributed by atoms with E-state index in [1.54, 1.807) is 12.1 Å². The van der Waals surface area contributed by atoms with Gasteiger partial charge in [-0.1, -0.05) is 24.3 Å². The molecule has 2 rings (SSSR count). The van der Waals surface area contributed by atoms with Crippen molar-refractivity contribution < 1.29 is 8.78 Å². The highest BCUT2D eigenvalue weighted by atomic mass is 19.2. The molecule has 2 atom stereocenters. The van der Waals surface area contributed by atoms with Crippen LogP contribution in [0.3, 0.4) is 0 Å². The summed E-state index contributed by atoms with van der Waals surface area (Å²) in [6.07, 6.45) is 7.36. The zero-order valence-corrected chi connectivity index (χ0v) is 9.92. The maximum absolute atomic E-state index is 13.6. The van der Waals surface area contributed by atoms with Gasteiger partial charge in [-0.15, -0.1) is 0 Å². The van der Waals surface area contributed by atoms with E-state index >= 15 is 0 Å². The molecule has 0 aromatic heterocycles. The van der Waals surface area contributed by atoms with Crippen LogP contribution < -0.4 is 5.32 Å². The lowest BCUT2D eigenvalue weighted by molar-refractivity contribution is 0.408. The van der Waals surface area contributed by atoms with Gasteiger partial charge in [-0.25, -0.2) is 8.78 Å². The first kappa shape index (κ1) is 12.2. The van der Waals surface area contributed by atoms with Crippen molar-refractivity contribution in [1.29, 1.82) is 0 Å². The van der Waals surface area contributed by atoms with Gasteiger partial charge in [-0.3, -0.25) is 0 Å². The zero-order valence-electron chi connectivity index (χ0n) is 9.92. The van der Waals surface area contributed by atoms with Crippen LogP contribution in [0, 0.1) is 11.6 Å². The minimum atomic E-state index is -0.778. The predicted octanol–water partition coefficient (Wildman–Crippen LogP) is 3.72. The molecule has 1 nitrogen and oxygen atoms in total. The van der Waals surface area contributed by atoms with Crippen LogP contribution >= 0.6 is 0 Å². The lowest BCUT2D eigenvalue weighted by atomic mass is 9.99. The first-order valence-corrected chi connectivity index (χ1v) is 6.03. The van der Waals surface area contributed by atoms with Crippen molar-refractivity contribution in [1.82, 2.24) is 5.32 Å². The van der Waals surface area contributed by atoms with E-state index in [0.717, 1.165) is 25.3 Å². The van der Waals surface area contributed by atoms with E-state index in [0.29, 0.717) is 11.6 Å². The van der Waals surface area contributed by atoms with E-state index in [-0.39, 0.29) is 6.04 Å². The van der Waals surface area contributed by atoms with Gasteiger partial charge >= 0.3 is 0 Å². The molecule has 1 aromatic rings. The third-order valence-corrected chi connectivity index (χ3v) is 3.20. The Bertz CT molecular complexity index is 415.